The highest BCUT2D eigenvalue weighted by Crippen LogP contribution is 2.35. The van der Waals surface area contributed by atoms with E-state index in [-0.39, 0.29) is 17.9 Å². The van der Waals surface area contributed by atoms with Crippen LogP contribution in [0.2, 0.25) is 0 Å². The molecule has 5 heteroatoms. The van der Waals surface area contributed by atoms with Gasteiger partial charge in [-0.1, -0.05) is 0 Å². The van der Waals surface area contributed by atoms with Crippen LogP contribution in [0.4, 0.5) is 5.69 Å². The summed E-state index contributed by atoms with van der Waals surface area (Å²) in [5.74, 6) is 0.469. The van der Waals surface area contributed by atoms with Gasteiger partial charge in [-0.2, -0.15) is 0 Å². The molecule has 19 heavy (non-hydrogen) atoms. The van der Waals surface area contributed by atoms with Gasteiger partial charge >= 0.3 is 0 Å². The fourth-order valence-corrected chi connectivity index (χ4v) is 2.95. The van der Waals surface area contributed by atoms with E-state index in [9.17, 15) is 9.59 Å². The number of carbonyl (C=O) groups is 2. The smallest absolute Gasteiger partial charge is 0.251 e. The number of nitrogens with zero attached hydrogens (tertiary/aromatic N) is 1. The van der Waals surface area contributed by atoms with Gasteiger partial charge in [-0.15, -0.1) is 11.8 Å². The minimum Gasteiger partial charge on any atom is -0.350 e. The SMILES string of the molecule is CCN1C(=O)CSc2ccc(C(=O)NC(C)C)cc21. The maximum absolute atomic E-state index is 12.0. The summed E-state index contributed by atoms with van der Waals surface area (Å²) in [5.41, 5.74) is 1.45. The Morgan fingerprint density at radius 3 is 2.84 bits per heavy atom. The van der Waals surface area contributed by atoms with Crippen LogP contribution in [0.15, 0.2) is 23.1 Å². The van der Waals surface area contributed by atoms with Gasteiger partial charge in [0, 0.05) is 23.0 Å². The first kappa shape index (κ1) is 13.9. The molecule has 1 aromatic carbocycles. The van der Waals surface area contributed by atoms with E-state index >= 15 is 0 Å². The van der Waals surface area contributed by atoms with E-state index in [4.69, 9.17) is 0 Å². The number of carbonyl (C=O) groups excluding carboxylic acids is 2. The quantitative estimate of drug-likeness (QED) is 0.923. The molecule has 102 valence electrons. The van der Waals surface area contributed by atoms with E-state index in [0.29, 0.717) is 17.9 Å². The molecule has 0 saturated heterocycles. The number of benzene rings is 1. The van der Waals surface area contributed by atoms with Crippen molar-refractivity contribution in [3.8, 4) is 0 Å². The molecule has 0 radical (unpaired) electrons. The number of anilines is 1. The molecule has 2 rings (SSSR count). The zero-order valence-corrected chi connectivity index (χ0v) is 12.2. The van der Waals surface area contributed by atoms with Gasteiger partial charge in [-0.05, 0) is 39.0 Å². The van der Waals surface area contributed by atoms with Crippen molar-refractivity contribution in [1.29, 1.82) is 0 Å². The molecule has 0 fully saturated rings. The van der Waals surface area contributed by atoms with E-state index in [1.54, 1.807) is 11.0 Å². The molecule has 0 aromatic heterocycles. The molecule has 1 aliphatic rings. The van der Waals surface area contributed by atoms with Crippen LogP contribution in [0.1, 0.15) is 31.1 Å². The molecule has 1 aromatic rings. The van der Waals surface area contributed by atoms with Crippen molar-refractivity contribution in [2.45, 2.75) is 31.7 Å². The monoisotopic (exact) mass is 278 g/mol. The molecule has 0 spiro atoms. The molecule has 4 nitrogen and oxygen atoms in total. The van der Waals surface area contributed by atoms with E-state index < -0.39 is 0 Å². The van der Waals surface area contributed by atoms with Crippen molar-refractivity contribution in [2.75, 3.05) is 17.2 Å². The predicted octanol–water partition coefficient (Wildman–Crippen LogP) is 2.28. The average molecular weight is 278 g/mol. The van der Waals surface area contributed by atoms with Crippen LogP contribution in [0.25, 0.3) is 0 Å². The van der Waals surface area contributed by atoms with E-state index in [2.05, 4.69) is 5.32 Å². The predicted molar refractivity (Wildman–Crippen MR) is 77.8 cm³/mol. The normalized spacial score (nSPS) is 14.5. The third kappa shape index (κ3) is 2.92. The number of rotatable bonds is 3. The van der Waals surface area contributed by atoms with Crippen LogP contribution >= 0.6 is 11.8 Å². The van der Waals surface area contributed by atoms with Gasteiger partial charge in [0.05, 0.1) is 11.4 Å². The minimum atomic E-state index is -0.100. The van der Waals surface area contributed by atoms with Crippen LogP contribution < -0.4 is 10.2 Å². The lowest BCUT2D eigenvalue weighted by atomic mass is 10.1. The van der Waals surface area contributed by atoms with Crippen molar-refractivity contribution >= 4 is 29.3 Å². The Morgan fingerprint density at radius 1 is 1.47 bits per heavy atom. The van der Waals surface area contributed by atoms with Crippen molar-refractivity contribution in [3.63, 3.8) is 0 Å². The maximum Gasteiger partial charge on any atom is 0.251 e. The topological polar surface area (TPSA) is 49.4 Å². The summed E-state index contributed by atoms with van der Waals surface area (Å²) in [7, 11) is 0. The maximum atomic E-state index is 12.0. The van der Waals surface area contributed by atoms with Gasteiger partial charge in [0.25, 0.3) is 5.91 Å². The Morgan fingerprint density at radius 2 is 2.21 bits per heavy atom. The van der Waals surface area contributed by atoms with E-state index in [0.717, 1.165) is 10.6 Å². The molecular weight excluding hydrogens is 260 g/mol. The summed E-state index contributed by atoms with van der Waals surface area (Å²) in [6.07, 6.45) is 0. The average Bonchev–Trinajstić information content (AvgIpc) is 2.37. The lowest BCUT2D eigenvalue weighted by Crippen LogP contribution is -2.35. The number of fused-ring (bicyclic) bond motifs is 1. The number of amides is 2. The Balaban J connectivity index is 2.34. The molecule has 2 amide bonds. The molecule has 0 atom stereocenters. The van der Waals surface area contributed by atoms with Crippen molar-refractivity contribution in [2.24, 2.45) is 0 Å². The van der Waals surface area contributed by atoms with Gasteiger partial charge in [-0.3, -0.25) is 9.59 Å². The zero-order chi connectivity index (χ0) is 14.0. The van der Waals surface area contributed by atoms with Crippen LogP contribution in [-0.4, -0.2) is 30.2 Å². The summed E-state index contributed by atoms with van der Waals surface area (Å²) in [5, 5.41) is 2.86. The first-order valence-corrected chi connectivity index (χ1v) is 7.39. The largest absolute Gasteiger partial charge is 0.350 e. The number of hydrogen-bond donors (Lipinski definition) is 1. The Hall–Kier alpha value is -1.49. The van der Waals surface area contributed by atoms with Crippen molar-refractivity contribution in [3.05, 3.63) is 23.8 Å². The molecule has 1 heterocycles. The number of hydrogen-bond acceptors (Lipinski definition) is 3. The van der Waals surface area contributed by atoms with Crippen LogP contribution in [0.3, 0.4) is 0 Å². The van der Waals surface area contributed by atoms with Gasteiger partial charge in [0.15, 0.2) is 0 Å². The lowest BCUT2D eigenvalue weighted by Gasteiger charge is -2.28. The fourth-order valence-electron chi connectivity index (χ4n) is 2.04. The first-order chi connectivity index (χ1) is 9.02. The van der Waals surface area contributed by atoms with Crippen LogP contribution in [0, 0.1) is 0 Å². The van der Waals surface area contributed by atoms with Gasteiger partial charge in [0.2, 0.25) is 5.91 Å². The third-order valence-electron chi connectivity index (χ3n) is 2.90. The van der Waals surface area contributed by atoms with Gasteiger partial charge in [-0.25, -0.2) is 0 Å². The third-order valence-corrected chi connectivity index (χ3v) is 3.95. The van der Waals surface area contributed by atoms with Crippen LogP contribution in [-0.2, 0) is 4.79 Å². The lowest BCUT2D eigenvalue weighted by molar-refractivity contribution is -0.116. The second-order valence-corrected chi connectivity index (χ2v) is 5.75. The van der Waals surface area contributed by atoms with Gasteiger partial charge in [0.1, 0.15) is 0 Å². The minimum absolute atomic E-state index is 0.0985. The highest BCUT2D eigenvalue weighted by Gasteiger charge is 2.24. The Labute approximate surface area is 117 Å². The number of thioether (sulfide) groups is 1. The fraction of sp³-hybridized carbons (Fsp3) is 0.429. The summed E-state index contributed by atoms with van der Waals surface area (Å²) < 4.78 is 0. The number of nitrogens with one attached hydrogen (secondary N) is 1. The van der Waals surface area contributed by atoms with Crippen molar-refractivity contribution in [1.82, 2.24) is 5.32 Å². The molecule has 0 bridgehead atoms. The van der Waals surface area contributed by atoms with E-state index in [1.807, 2.05) is 32.9 Å². The van der Waals surface area contributed by atoms with Gasteiger partial charge < -0.3 is 10.2 Å². The van der Waals surface area contributed by atoms with Crippen molar-refractivity contribution < 1.29 is 9.59 Å². The zero-order valence-electron chi connectivity index (χ0n) is 11.4. The highest BCUT2D eigenvalue weighted by atomic mass is 32.2. The Kier molecular flexibility index (Phi) is 4.14. The summed E-state index contributed by atoms with van der Waals surface area (Å²) in [4.78, 5) is 26.6. The molecule has 0 unspecified atom stereocenters. The summed E-state index contributed by atoms with van der Waals surface area (Å²) >= 11 is 1.53. The highest BCUT2D eigenvalue weighted by molar-refractivity contribution is 8.00. The molecule has 1 aliphatic heterocycles. The standard InChI is InChI=1S/C14H18N2O2S/c1-4-16-11-7-10(14(18)15-9(2)3)5-6-12(11)19-8-13(16)17/h5-7,9H,4,8H2,1-3H3,(H,15,18). The molecular formula is C14H18N2O2S. The van der Waals surface area contributed by atoms with E-state index in [1.165, 1.54) is 11.8 Å². The van der Waals surface area contributed by atoms with Crippen LogP contribution in [0.5, 0.6) is 0 Å². The molecule has 0 aliphatic carbocycles. The first-order valence-electron chi connectivity index (χ1n) is 6.41. The Bertz CT molecular complexity index is 514. The summed E-state index contributed by atoms with van der Waals surface area (Å²) in [6.45, 7) is 6.42. The molecule has 0 saturated carbocycles. The summed E-state index contributed by atoms with van der Waals surface area (Å²) in [6, 6.07) is 5.64. The second kappa shape index (κ2) is 5.65. The second-order valence-electron chi connectivity index (χ2n) is 4.74. The molecule has 1 N–H and O–H groups in total.